The van der Waals surface area contributed by atoms with E-state index >= 15 is 0 Å². The van der Waals surface area contributed by atoms with E-state index in [2.05, 4.69) is 20.2 Å². The summed E-state index contributed by atoms with van der Waals surface area (Å²) in [5, 5.41) is 6.75. The minimum Gasteiger partial charge on any atom is -0.441 e. The molecule has 1 fully saturated rings. The summed E-state index contributed by atoms with van der Waals surface area (Å²) < 4.78 is 10.9. The van der Waals surface area contributed by atoms with Crippen LogP contribution in [0.3, 0.4) is 0 Å². The number of ether oxygens (including phenoxy) is 1. The SMILES string of the molecule is CO[C@@H]1C[C@@H](c2ncn[nH]2)N(C(=O)c2ccc3oc(C)nc3c2)C1. The van der Waals surface area contributed by atoms with Gasteiger partial charge in [0, 0.05) is 32.6 Å². The number of nitrogens with one attached hydrogen (secondary N) is 1. The van der Waals surface area contributed by atoms with E-state index in [4.69, 9.17) is 9.15 Å². The Morgan fingerprint density at radius 2 is 2.33 bits per heavy atom. The van der Waals surface area contributed by atoms with Gasteiger partial charge in [0.1, 0.15) is 17.7 Å². The lowest BCUT2D eigenvalue weighted by molar-refractivity contribution is 0.0684. The zero-order chi connectivity index (χ0) is 16.7. The van der Waals surface area contributed by atoms with E-state index in [0.717, 1.165) is 0 Å². The molecule has 1 N–H and O–H groups in total. The number of oxazole rings is 1. The third-order valence-corrected chi connectivity index (χ3v) is 4.35. The molecule has 1 aromatic carbocycles. The van der Waals surface area contributed by atoms with Gasteiger partial charge in [0.15, 0.2) is 11.5 Å². The van der Waals surface area contributed by atoms with E-state index in [0.29, 0.717) is 41.3 Å². The number of amides is 1. The van der Waals surface area contributed by atoms with Crippen molar-refractivity contribution >= 4 is 17.0 Å². The smallest absolute Gasteiger partial charge is 0.254 e. The number of H-pyrrole nitrogens is 1. The van der Waals surface area contributed by atoms with Crippen molar-refractivity contribution < 1.29 is 13.9 Å². The number of hydrogen-bond donors (Lipinski definition) is 1. The van der Waals surface area contributed by atoms with Gasteiger partial charge in [0.25, 0.3) is 5.91 Å². The van der Waals surface area contributed by atoms with E-state index in [1.54, 1.807) is 37.1 Å². The molecule has 0 spiro atoms. The quantitative estimate of drug-likeness (QED) is 0.788. The van der Waals surface area contributed by atoms with Crippen molar-refractivity contribution in [2.24, 2.45) is 0 Å². The Morgan fingerprint density at radius 1 is 1.46 bits per heavy atom. The number of hydrogen-bond acceptors (Lipinski definition) is 6. The first kappa shape index (κ1) is 14.8. The second-order valence-electron chi connectivity index (χ2n) is 5.85. The first-order valence-corrected chi connectivity index (χ1v) is 7.72. The largest absolute Gasteiger partial charge is 0.441 e. The predicted molar refractivity (Wildman–Crippen MR) is 84.3 cm³/mol. The molecule has 1 aliphatic heterocycles. The molecule has 24 heavy (non-hydrogen) atoms. The van der Waals surface area contributed by atoms with Crippen LogP contribution in [-0.2, 0) is 4.74 Å². The number of methoxy groups -OCH3 is 1. The second kappa shape index (κ2) is 5.72. The number of rotatable bonds is 3. The molecule has 0 bridgehead atoms. The van der Waals surface area contributed by atoms with E-state index in [1.165, 1.54) is 6.33 Å². The first-order valence-electron chi connectivity index (χ1n) is 7.72. The second-order valence-corrected chi connectivity index (χ2v) is 5.85. The Morgan fingerprint density at radius 3 is 3.08 bits per heavy atom. The molecule has 2 atom stereocenters. The Labute approximate surface area is 137 Å². The fourth-order valence-electron chi connectivity index (χ4n) is 3.17. The van der Waals surface area contributed by atoms with Gasteiger partial charge in [0.05, 0.1) is 12.1 Å². The summed E-state index contributed by atoms with van der Waals surface area (Å²) in [4.78, 5) is 23.3. The zero-order valence-electron chi connectivity index (χ0n) is 13.4. The third kappa shape index (κ3) is 2.44. The number of aromatic nitrogens is 4. The van der Waals surface area contributed by atoms with Crippen LogP contribution in [0, 0.1) is 6.92 Å². The van der Waals surface area contributed by atoms with Gasteiger partial charge >= 0.3 is 0 Å². The molecule has 0 aliphatic carbocycles. The fraction of sp³-hybridized carbons (Fsp3) is 0.375. The molecule has 2 aromatic heterocycles. The van der Waals surface area contributed by atoms with Crippen molar-refractivity contribution in [1.29, 1.82) is 0 Å². The standard InChI is InChI=1S/C16H17N5O3/c1-9-19-12-5-10(3-4-14(12)24-9)16(22)21-7-11(23-2)6-13(21)15-17-8-18-20-15/h3-5,8,11,13H,6-7H2,1-2H3,(H,17,18,20)/t11-,13+/m1/s1. The Hall–Kier alpha value is -2.74. The normalized spacial score (nSPS) is 20.8. The van der Waals surface area contributed by atoms with Gasteiger partial charge in [-0.05, 0) is 18.2 Å². The van der Waals surface area contributed by atoms with Gasteiger partial charge in [-0.2, -0.15) is 5.10 Å². The number of aryl methyl sites for hydroxylation is 1. The van der Waals surface area contributed by atoms with Crippen LogP contribution in [0.25, 0.3) is 11.1 Å². The zero-order valence-corrected chi connectivity index (χ0v) is 13.4. The van der Waals surface area contributed by atoms with Crippen LogP contribution in [0.2, 0.25) is 0 Å². The maximum Gasteiger partial charge on any atom is 0.254 e. The number of aromatic amines is 1. The van der Waals surface area contributed by atoms with Crippen LogP contribution in [0.15, 0.2) is 28.9 Å². The molecular formula is C16H17N5O3. The van der Waals surface area contributed by atoms with Crippen molar-refractivity contribution in [3.63, 3.8) is 0 Å². The van der Waals surface area contributed by atoms with Gasteiger partial charge in [-0.25, -0.2) is 9.97 Å². The summed E-state index contributed by atoms with van der Waals surface area (Å²) in [7, 11) is 1.65. The summed E-state index contributed by atoms with van der Waals surface area (Å²) in [5.41, 5.74) is 1.92. The Bertz CT molecular complexity index is 873. The Balaban J connectivity index is 1.67. The molecule has 8 nitrogen and oxygen atoms in total. The summed E-state index contributed by atoms with van der Waals surface area (Å²) in [6, 6.07) is 5.11. The van der Waals surface area contributed by atoms with Gasteiger partial charge in [0.2, 0.25) is 0 Å². The van der Waals surface area contributed by atoms with Gasteiger partial charge in [-0.1, -0.05) is 0 Å². The molecule has 1 aliphatic rings. The lowest BCUT2D eigenvalue weighted by Crippen LogP contribution is -2.32. The molecule has 3 heterocycles. The predicted octanol–water partition coefficient (Wildman–Crippen LogP) is 1.86. The highest BCUT2D eigenvalue weighted by molar-refractivity contribution is 5.97. The van der Waals surface area contributed by atoms with Crippen molar-refractivity contribution in [1.82, 2.24) is 25.1 Å². The summed E-state index contributed by atoms with van der Waals surface area (Å²) in [6.45, 7) is 2.29. The van der Waals surface area contributed by atoms with Crippen LogP contribution in [0.1, 0.15) is 34.5 Å². The highest BCUT2D eigenvalue weighted by atomic mass is 16.5. The monoisotopic (exact) mass is 327 g/mol. The molecule has 3 aromatic rings. The number of carbonyl (C=O) groups is 1. The van der Waals surface area contributed by atoms with E-state index in [-0.39, 0.29) is 18.1 Å². The molecule has 0 saturated carbocycles. The van der Waals surface area contributed by atoms with E-state index in [9.17, 15) is 4.79 Å². The van der Waals surface area contributed by atoms with Crippen molar-refractivity contribution in [2.75, 3.05) is 13.7 Å². The van der Waals surface area contributed by atoms with Crippen LogP contribution >= 0.6 is 0 Å². The minimum absolute atomic E-state index is 0.0259. The number of benzene rings is 1. The number of likely N-dealkylation sites (tertiary alicyclic amines) is 1. The Kier molecular flexibility index (Phi) is 3.53. The lowest BCUT2D eigenvalue weighted by atomic mass is 10.1. The summed E-state index contributed by atoms with van der Waals surface area (Å²) in [6.07, 6.45) is 2.10. The summed E-state index contributed by atoms with van der Waals surface area (Å²) in [5.74, 6) is 1.16. The van der Waals surface area contributed by atoms with Crippen molar-refractivity contribution in [3.8, 4) is 0 Å². The van der Waals surface area contributed by atoms with Gasteiger partial charge in [-0.3, -0.25) is 9.89 Å². The topological polar surface area (TPSA) is 97.1 Å². The highest BCUT2D eigenvalue weighted by Gasteiger charge is 2.38. The average molecular weight is 327 g/mol. The molecule has 4 rings (SSSR count). The van der Waals surface area contributed by atoms with E-state index < -0.39 is 0 Å². The van der Waals surface area contributed by atoms with Crippen LogP contribution in [-0.4, -0.2) is 50.7 Å². The maximum atomic E-state index is 13.0. The molecule has 1 amide bonds. The number of nitrogens with zero attached hydrogens (tertiary/aromatic N) is 4. The highest BCUT2D eigenvalue weighted by Crippen LogP contribution is 2.33. The van der Waals surface area contributed by atoms with Crippen LogP contribution in [0.5, 0.6) is 0 Å². The van der Waals surface area contributed by atoms with Crippen molar-refractivity contribution in [3.05, 3.63) is 41.8 Å². The number of fused-ring (bicyclic) bond motifs is 1. The van der Waals surface area contributed by atoms with Crippen molar-refractivity contribution in [2.45, 2.75) is 25.5 Å². The van der Waals surface area contributed by atoms with Gasteiger partial charge in [-0.15, -0.1) is 0 Å². The first-order chi connectivity index (χ1) is 11.7. The van der Waals surface area contributed by atoms with E-state index in [1.807, 2.05) is 0 Å². The number of carbonyl (C=O) groups excluding carboxylic acids is 1. The lowest BCUT2D eigenvalue weighted by Gasteiger charge is -2.22. The molecule has 0 radical (unpaired) electrons. The molecule has 1 saturated heterocycles. The molecule has 124 valence electrons. The minimum atomic E-state index is -0.181. The van der Waals surface area contributed by atoms with Gasteiger partial charge < -0.3 is 14.1 Å². The fourth-order valence-corrected chi connectivity index (χ4v) is 3.17. The molecule has 8 heteroatoms. The molecule has 0 unspecified atom stereocenters. The van der Waals surface area contributed by atoms with Crippen LogP contribution in [0.4, 0.5) is 0 Å². The summed E-state index contributed by atoms with van der Waals surface area (Å²) >= 11 is 0. The molecular weight excluding hydrogens is 310 g/mol. The third-order valence-electron chi connectivity index (χ3n) is 4.35. The maximum absolute atomic E-state index is 13.0. The van der Waals surface area contributed by atoms with Crippen LogP contribution < -0.4 is 0 Å². The average Bonchev–Trinajstić information content (AvgIpc) is 3.30.